The monoisotopic (exact) mass is 465 g/mol. The fourth-order valence-electron chi connectivity index (χ4n) is 4.50. The van der Waals surface area contributed by atoms with Crippen molar-refractivity contribution in [3.63, 3.8) is 0 Å². The van der Waals surface area contributed by atoms with Crippen molar-refractivity contribution in [1.82, 2.24) is 5.32 Å². The highest BCUT2D eigenvalue weighted by Gasteiger charge is 2.40. The molecule has 3 aliphatic rings. The van der Waals surface area contributed by atoms with Crippen LogP contribution in [-0.4, -0.2) is 36.7 Å². The van der Waals surface area contributed by atoms with E-state index < -0.39 is 11.7 Å². The molecule has 2 aromatic rings. The molecule has 1 amide bonds. The molecule has 2 aromatic carbocycles. The maximum absolute atomic E-state index is 12.5. The van der Waals surface area contributed by atoms with Crippen molar-refractivity contribution in [1.29, 1.82) is 0 Å². The number of hydrogen-bond donors (Lipinski definition) is 1. The van der Waals surface area contributed by atoms with Crippen LogP contribution in [0.1, 0.15) is 23.5 Å². The Morgan fingerprint density at radius 3 is 2.47 bits per heavy atom. The largest absolute Gasteiger partial charge is 0.449 e. The summed E-state index contributed by atoms with van der Waals surface area (Å²) in [6.45, 7) is 0.637. The Bertz CT molecular complexity index is 1050. The maximum atomic E-state index is 12.5. The molecule has 0 aromatic heterocycles. The number of allylic oxidation sites excluding steroid dienone is 2. The van der Waals surface area contributed by atoms with E-state index in [2.05, 4.69) is 45.5 Å². The van der Waals surface area contributed by atoms with Gasteiger partial charge in [-0.05, 0) is 56.4 Å². The maximum Gasteiger partial charge on any atom is 0.407 e. The van der Waals surface area contributed by atoms with Gasteiger partial charge in [0.05, 0.1) is 17.1 Å². The van der Waals surface area contributed by atoms with E-state index >= 15 is 0 Å². The minimum atomic E-state index is -0.659. The van der Waals surface area contributed by atoms with Gasteiger partial charge >= 0.3 is 6.09 Å². The van der Waals surface area contributed by atoms with E-state index in [1.54, 1.807) is 12.2 Å². The molecule has 0 unspecified atom stereocenters. The highest BCUT2D eigenvalue weighted by Crippen LogP contribution is 2.44. The summed E-state index contributed by atoms with van der Waals surface area (Å²) in [4.78, 5) is 24.1. The number of rotatable bonds is 3. The van der Waals surface area contributed by atoms with Crippen LogP contribution in [0, 0.1) is 0 Å². The Hall–Kier alpha value is -2.70. The Kier molecular flexibility index (Phi) is 4.83. The van der Waals surface area contributed by atoms with Crippen molar-refractivity contribution >= 4 is 27.8 Å². The third kappa shape index (κ3) is 3.40. The molecule has 2 atom stereocenters. The van der Waals surface area contributed by atoms with Crippen molar-refractivity contribution in [2.24, 2.45) is 0 Å². The van der Waals surface area contributed by atoms with E-state index in [4.69, 9.17) is 9.47 Å². The van der Waals surface area contributed by atoms with Gasteiger partial charge in [-0.2, -0.15) is 0 Å². The lowest BCUT2D eigenvalue weighted by atomic mass is 9.93. The van der Waals surface area contributed by atoms with E-state index in [0.29, 0.717) is 17.5 Å². The molecule has 1 fully saturated rings. The van der Waals surface area contributed by atoms with Crippen LogP contribution in [-0.2, 0) is 14.3 Å². The molecule has 6 heteroatoms. The first-order chi connectivity index (χ1) is 14.5. The number of halogens is 1. The van der Waals surface area contributed by atoms with Gasteiger partial charge in [-0.1, -0.05) is 48.5 Å². The van der Waals surface area contributed by atoms with E-state index in [9.17, 15) is 9.59 Å². The minimum absolute atomic E-state index is 0.0282. The van der Waals surface area contributed by atoms with Crippen LogP contribution in [0.5, 0.6) is 0 Å². The number of ether oxygens (including phenoxy) is 2. The lowest BCUT2D eigenvalue weighted by Crippen LogP contribution is -2.37. The molecule has 1 saturated heterocycles. The summed E-state index contributed by atoms with van der Waals surface area (Å²) in [5.41, 5.74) is 4.10. The van der Waals surface area contributed by atoms with Crippen molar-refractivity contribution in [3.05, 3.63) is 82.4 Å². The number of carbonyl (C=O) groups excluding carboxylic acids is 2. The first kappa shape index (κ1) is 19.3. The van der Waals surface area contributed by atoms with Crippen LogP contribution in [0.3, 0.4) is 0 Å². The van der Waals surface area contributed by atoms with Gasteiger partial charge in [0.15, 0.2) is 5.78 Å². The second-order valence-electron chi connectivity index (χ2n) is 7.83. The minimum Gasteiger partial charge on any atom is -0.449 e. The van der Waals surface area contributed by atoms with Gasteiger partial charge in [0.2, 0.25) is 0 Å². The van der Waals surface area contributed by atoms with Gasteiger partial charge in [-0.3, -0.25) is 4.79 Å². The molecule has 0 saturated carbocycles. The first-order valence-electron chi connectivity index (χ1n) is 9.92. The highest BCUT2D eigenvalue weighted by molar-refractivity contribution is 9.12. The molecule has 5 rings (SSSR count). The summed E-state index contributed by atoms with van der Waals surface area (Å²) in [5.74, 6) is -0.0577. The zero-order chi connectivity index (χ0) is 20.7. The predicted molar refractivity (Wildman–Crippen MR) is 116 cm³/mol. The molecule has 152 valence electrons. The van der Waals surface area contributed by atoms with Gasteiger partial charge in [-0.25, -0.2) is 4.79 Å². The number of benzene rings is 2. The smallest absolute Gasteiger partial charge is 0.407 e. The molecular weight excluding hydrogens is 446 g/mol. The molecule has 1 aliphatic heterocycles. The molecular formula is C24H20BrNO4. The Balaban J connectivity index is 1.23. The van der Waals surface area contributed by atoms with Crippen LogP contribution in [0.25, 0.3) is 11.1 Å². The number of amides is 1. The van der Waals surface area contributed by atoms with Gasteiger partial charge < -0.3 is 14.8 Å². The van der Waals surface area contributed by atoms with Crippen molar-refractivity contribution in [2.45, 2.75) is 24.0 Å². The lowest BCUT2D eigenvalue weighted by Gasteiger charge is -2.23. The van der Waals surface area contributed by atoms with Crippen LogP contribution in [0.4, 0.5) is 4.79 Å². The second kappa shape index (κ2) is 7.52. The van der Waals surface area contributed by atoms with Gasteiger partial charge in [-0.15, -0.1) is 0 Å². The number of carbonyl (C=O) groups is 2. The zero-order valence-electron chi connectivity index (χ0n) is 16.1. The number of hydrogen-bond acceptors (Lipinski definition) is 4. The molecule has 1 heterocycles. The Morgan fingerprint density at radius 1 is 1.13 bits per heavy atom. The SMILES string of the molecule is O=C(N[C@@H]1CO[C@]2(C=CC(=O)C(Br)=C2)C1)OCC1c2ccccc2-c2ccccc21. The number of alkyl carbamates (subject to hydrolysis) is 1. The van der Waals surface area contributed by atoms with Crippen LogP contribution in [0.2, 0.25) is 0 Å². The second-order valence-corrected chi connectivity index (χ2v) is 8.68. The summed E-state index contributed by atoms with van der Waals surface area (Å²) in [6, 6.07) is 16.3. The highest BCUT2D eigenvalue weighted by atomic mass is 79.9. The summed E-state index contributed by atoms with van der Waals surface area (Å²) in [7, 11) is 0. The Morgan fingerprint density at radius 2 is 1.80 bits per heavy atom. The summed E-state index contributed by atoms with van der Waals surface area (Å²) in [6.07, 6.45) is 5.10. The van der Waals surface area contributed by atoms with Crippen LogP contribution >= 0.6 is 15.9 Å². The molecule has 0 bridgehead atoms. The zero-order valence-corrected chi connectivity index (χ0v) is 17.7. The van der Waals surface area contributed by atoms with Crippen LogP contribution < -0.4 is 5.32 Å². The third-order valence-electron chi connectivity index (χ3n) is 5.91. The third-order valence-corrected chi connectivity index (χ3v) is 6.53. The molecule has 1 spiro atoms. The average molecular weight is 466 g/mol. The predicted octanol–water partition coefficient (Wildman–Crippen LogP) is 4.47. The standard InChI is InChI=1S/C24H20BrNO4/c25-21-12-24(10-9-22(21)27)11-15(13-30-24)26-23(28)29-14-20-18-7-3-1-5-16(18)17-6-2-4-8-19(17)20/h1-10,12,15,20H,11,13-14H2,(H,26,28)/t15-,24+/m0/s1. The number of fused-ring (bicyclic) bond motifs is 3. The number of nitrogens with one attached hydrogen (secondary N) is 1. The fourth-order valence-corrected chi connectivity index (χ4v) is 5.02. The number of ketones is 1. The molecule has 2 aliphatic carbocycles. The van der Waals surface area contributed by atoms with Crippen LogP contribution in [0.15, 0.2) is 71.2 Å². The topological polar surface area (TPSA) is 64.6 Å². The lowest BCUT2D eigenvalue weighted by molar-refractivity contribution is -0.111. The quantitative estimate of drug-likeness (QED) is 0.725. The van der Waals surface area contributed by atoms with Gasteiger partial charge in [0, 0.05) is 12.3 Å². The van der Waals surface area contributed by atoms with E-state index in [-0.39, 0.29) is 24.3 Å². The Labute approximate surface area is 182 Å². The summed E-state index contributed by atoms with van der Waals surface area (Å²) >= 11 is 3.27. The van der Waals surface area contributed by atoms with Crippen molar-refractivity contribution in [3.8, 4) is 11.1 Å². The fraction of sp³-hybridized carbons (Fsp3) is 0.250. The summed E-state index contributed by atoms with van der Waals surface area (Å²) in [5, 5.41) is 2.90. The molecule has 0 radical (unpaired) electrons. The van der Waals surface area contributed by atoms with E-state index in [1.807, 2.05) is 24.3 Å². The van der Waals surface area contributed by atoms with Gasteiger partial charge in [0.25, 0.3) is 0 Å². The van der Waals surface area contributed by atoms with Crippen molar-refractivity contribution in [2.75, 3.05) is 13.2 Å². The molecule has 1 N–H and O–H groups in total. The van der Waals surface area contributed by atoms with Crippen molar-refractivity contribution < 1.29 is 19.1 Å². The molecule has 5 nitrogen and oxygen atoms in total. The normalized spacial score (nSPS) is 24.5. The first-order valence-corrected chi connectivity index (χ1v) is 10.7. The summed E-state index contributed by atoms with van der Waals surface area (Å²) < 4.78 is 12.0. The average Bonchev–Trinajstić information content (AvgIpc) is 3.28. The van der Waals surface area contributed by atoms with Gasteiger partial charge in [0.1, 0.15) is 12.2 Å². The van der Waals surface area contributed by atoms with E-state index in [1.165, 1.54) is 28.3 Å². The van der Waals surface area contributed by atoms with E-state index in [0.717, 1.165) is 0 Å². The molecule has 30 heavy (non-hydrogen) atoms.